The lowest BCUT2D eigenvalue weighted by molar-refractivity contribution is 0.675. The van der Waals surface area contributed by atoms with Crippen LogP contribution in [-0.2, 0) is 13.6 Å². The van der Waals surface area contributed by atoms with E-state index in [4.69, 9.17) is 0 Å². The van der Waals surface area contributed by atoms with Gasteiger partial charge in [-0.2, -0.15) is 0 Å². The van der Waals surface area contributed by atoms with E-state index < -0.39 is 0 Å². The van der Waals surface area contributed by atoms with E-state index in [0.717, 1.165) is 17.6 Å². The number of aliphatic imine (C=N–C) groups is 1. The highest BCUT2D eigenvalue weighted by molar-refractivity contribution is 5.80. The van der Waals surface area contributed by atoms with Crippen LogP contribution in [0.3, 0.4) is 0 Å². The van der Waals surface area contributed by atoms with Gasteiger partial charge < -0.3 is 15.2 Å². The van der Waals surface area contributed by atoms with Gasteiger partial charge in [-0.25, -0.2) is 4.99 Å². The molecule has 0 aliphatic heterocycles. The van der Waals surface area contributed by atoms with Crippen molar-refractivity contribution in [2.45, 2.75) is 45.3 Å². The van der Waals surface area contributed by atoms with Crippen molar-refractivity contribution >= 4 is 5.96 Å². The van der Waals surface area contributed by atoms with E-state index in [0.29, 0.717) is 12.6 Å². The Bertz CT molecular complexity index is 672. The molecular formula is C17H24N6. The summed E-state index contributed by atoms with van der Waals surface area (Å²) in [5.41, 5.74) is 1.24. The van der Waals surface area contributed by atoms with Crippen LogP contribution in [0.1, 0.15) is 43.0 Å². The van der Waals surface area contributed by atoms with Crippen molar-refractivity contribution in [3.05, 3.63) is 47.5 Å². The van der Waals surface area contributed by atoms with Crippen molar-refractivity contribution in [2.24, 2.45) is 12.0 Å². The van der Waals surface area contributed by atoms with Crippen LogP contribution in [0.4, 0.5) is 0 Å². The van der Waals surface area contributed by atoms with E-state index in [2.05, 4.69) is 57.0 Å². The number of hydrogen-bond donors (Lipinski definition) is 2. The van der Waals surface area contributed by atoms with Gasteiger partial charge >= 0.3 is 0 Å². The van der Waals surface area contributed by atoms with Gasteiger partial charge in [0.2, 0.25) is 0 Å². The van der Waals surface area contributed by atoms with Crippen molar-refractivity contribution in [2.75, 3.05) is 0 Å². The molecule has 0 amide bonds. The minimum Gasteiger partial charge on any atom is -0.354 e. The second-order valence-corrected chi connectivity index (χ2v) is 6.08. The number of aryl methyl sites for hydroxylation is 1. The third kappa shape index (κ3) is 4.09. The van der Waals surface area contributed by atoms with Gasteiger partial charge in [-0.05, 0) is 32.3 Å². The normalized spacial score (nSPS) is 16.2. The number of guanidine groups is 1. The van der Waals surface area contributed by atoms with Gasteiger partial charge in [-0.15, -0.1) is 10.2 Å². The van der Waals surface area contributed by atoms with E-state index in [1.54, 1.807) is 0 Å². The summed E-state index contributed by atoms with van der Waals surface area (Å²) in [5, 5.41) is 15.2. The minimum atomic E-state index is 0.197. The average Bonchev–Trinajstić information content (AvgIpc) is 3.32. The van der Waals surface area contributed by atoms with E-state index in [1.165, 1.54) is 18.4 Å². The summed E-state index contributed by atoms with van der Waals surface area (Å²) in [6.07, 6.45) is 2.42. The van der Waals surface area contributed by atoms with Crippen LogP contribution in [0.2, 0.25) is 0 Å². The number of nitrogens with zero attached hydrogens (tertiary/aromatic N) is 4. The number of hydrogen-bond acceptors (Lipinski definition) is 3. The molecule has 1 atom stereocenters. The van der Waals surface area contributed by atoms with Crippen molar-refractivity contribution in [3.8, 4) is 0 Å². The van der Waals surface area contributed by atoms with Gasteiger partial charge in [0.15, 0.2) is 11.8 Å². The summed E-state index contributed by atoms with van der Waals surface area (Å²) in [7, 11) is 1.97. The first-order valence-corrected chi connectivity index (χ1v) is 8.11. The summed E-state index contributed by atoms with van der Waals surface area (Å²) in [6.45, 7) is 4.60. The first-order chi connectivity index (χ1) is 11.1. The summed E-state index contributed by atoms with van der Waals surface area (Å²) in [4.78, 5) is 4.68. The lowest BCUT2D eigenvalue weighted by Crippen LogP contribution is -2.40. The van der Waals surface area contributed by atoms with Crippen LogP contribution in [0.5, 0.6) is 0 Å². The number of nitrogens with one attached hydrogen (secondary N) is 2. The standard InChI is InChI=1S/C17H24N6/c1-12(14-7-5-4-6-8-14)19-17(20-15-9-10-15)18-11-16-22-21-13(2)23(16)3/h4-8,12,15H,9-11H2,1-3H3,(H2,18,19,20). The van der Waals surface area contributed by atoms with Gasteiger partial charge in [0, 0.05) is 13.1 Å². The molecule has 1 aliphatic rings. The molecule has 1 unspecified atom stereocenters. The maximum atomic E-state index is 4.68. The molecule has 6 heteroatoms. The lowest BCUT2D eigenvalue weighted by atomic mass is 10.1. The monoisotopic (exact) mass is 312 g/mol. The largest absolute Gasteiger partial charge is 0.354 e. The zero-order valence-corrected chi connectivity index (χ0v) is 14.0. The Morgan fingerprint density at radius 3 is 2.65 bits per heavy atom. The molecular weight excluding hydrogens is 288 g/mol. The van der Waals surface area contributed by atoms with Crippen LogP contribution in [0.25, 0.3) is 0 Å². The smallest absolute Gasteiger partial charge is 0.192 e. The van der Waals surface area contributed by atoms with Crippen molar-refractivity contribution < 1.29 is 0 Å². The summed E-state index contributed by atoms with van der Waals surface area (Å²) >= 11 is 0. The molecule has 0 radical (unpaired) electrons. The molecule has 0 spiro atoms. The quantitative estimate of drug-likeness (QED) is 0.655. The Kier molecular flexibility index (Phi) is 4.60. The maximum absolute atomic E-state index is 4.68. The van der Waals surface area contributed by atoms with Crippen molar-refractivity contribution in [3.63, 3.8) is 0 Å². The maximum Gasteiger partial charge on any atom is 0.192 e. The highest BCUT2D eigenvalue weighted by Gasteiger charge is 2.23. The average molecular weight is 312 g/mol. The van der Waals surface area contributed by atoms with Gasteiger partial charge in [0.05, 0.1) is 6.04 Å². The molecule has 1 aromatic heterocycles. The number of rotatable bonds is 5. The lowest BCUT2D eigenvalue weighted by Gasteiger charge is -2.18. The molecule has 1 heterocycles. The van der Waals surface area contributed by atoms with E-state index in [-0.39, 0.29) is 6.04 Å². The van der Waals surface area contributed by atoms with Crippen LogP contribution in [-0.4, -0.2) is 26.8 Å². The minimum absolute atomic E-state index is 0.197. The van der Waals surface area contributed by atoms with E-state index in [1.807, 2.05) is 24.6 Å². The van der Waals surface area contributed by atoms with Crippen LogP contribution in [0, 0.1) is 6.92 Å². The Morgan fingerprint density at radius 2 is 2.04 bits per heavy atom. The van der Waals surface area contributed by atoms with Crippen molar-refractivity contribution in [1.29, 1.82) is 0 Å². The second-order valence-electron chi connectivity index (χ2n) is 6.08. The SMILES string of the molecule is Cc1nnc(CN=C(NC2CC2)NC(C)c2ccccc2)n1C. The summed E-state index contributed by atoms with van der Waals surface area (Å²) < 4.78 is 1.97. The van der Waals surface area contributed by atoms with Gasteiger partial charge in [0.1, 0.15) is 12.4 Å². The molecule has 1 aromatic carbocycles. The third-order valence-corrected chi connectivity index (χ3v) is 4.13. The summed E-state index contributed by atoms with van der Waals surface area (Å²) in [5.74, 6) is 2.61. The molecule has 0 bridgehead atoms. The van der Waals surface area contributed by atoms with Crippen LogP contribution >= 0.6 is 0 Å². The molecule has 6 nitrogen and oxygen atoms in total. The molecule has 2 aromatic rings. The molecule has 1 fully saturated rings. The van der Waals surface area contributed by atoms with Crippen molar-refractivity contribution in [1.82, 2.24) is 25.4 Å². The highest BCUT2D eigenvalue weighted by atomic mass is 15.3. The fourth-order valence-corrected chi connectivity index (χ4v) is 2.32. The van der Waals surface area contributed by atoms with E-state index in [9.17, 15) is 0 Å². The Hall–Kier alpha value is -2.37. The van der Waals surface area contributed by atoms with Gasteiger partial charge in [-0.3, -0.25) is 0 Å². The zero-order chi connectivity index (χ0) is 16.2. The van der Waals surface area contributed by atoms with E-state index >= 15 is 0 Å². The number of aromatic nitrogens is 3. The molecule has 23 heavy (non-hydrogen) atoms. The fraction of sp³-hybridized carbons (Fsp3) is 0.471. The topological polar surface area (TPSA) is 67.1 Å². The highest BCUT2D eigenvalue weighted by Crippen LogP contribution is 2.19. The van der Waals surface area contributed by atoms with Crippen LogP contribution < -0.4 is 10.6 Å². The first kappa shape index (κ1) is 15.5. The molecule has 1 saturated carbocycles. The van der Waals surface area contributed by atoms with Gasteiger partial charge in [0.25, 0.3) is 0 Å². The molecule has 1 aliphatic carbocycles. The third-order valence-electron chi connectivity index (χ3n) is 4.13. The predicted octanol–water partition coefficient (Wildman–Crippen LogP) is 2.08. The molecule has 2 N–H and O–H groups in total. The van der Waals surface area contributed by atoms with Gasteiger partial charge in [-0.1, -0.05) is 30.3 Å². The second kappa shape index (κ2) is 6.81. The fourth-order valence-electron chi connectivity index (χ4n) is 2.32. The zero-order valence-electron chi connectivity index (χ0n) is 14.0. The molecule has 3 rings (SSSR count). The molecule has 0 saturated heterocycles. The first-order valence-electron chi connectivity index (χ1n) is 8.11. The predicted molar refractivity (Wildman–Crippen MR) is 91.0 cm³/mol. The number of benzene rings is 1. The Labute approximate surface area is 137 Å². The van der Waals surface area contributed by atoms with Crippen LogP contribution in [0.15, 0.2) is 35.3 Å². The molecule has 122 valence electrons. The summed E-state index contributed by atoms with van der Waals surface area (Å²) in [6, 6.07) is 11.1. The Balaban J connectivity index is 1.69. The Morgan fingerprint density at radius 1 is 1.30 bits per heavy atom.